The number of methoxy groups -OCH3 is 1. The van der Waals surface area contributed by atoms with E-state index >= 15 is 0 Å². The molecule has 0 spiro atoms. The summed E-state index contributed by atoms with van der Waals surface area (Å²) >= 11 is 0. The Morgan fingerprint density at radius 2 is 1.93 bits per heavy atom. The average Bonchev–Trinajstić information content (AvgIpc) is 2.15. The molecule has 0 aromatic heterocycles. The summed E-state index contributed by atoms with van der Waals surface area (Å²) in [6, 6.07) is 5.32. The third kappa shape index (κ3) is 2.49. The first-order chi connectivity index (χ1) is 6.86. The van der Waals surface area contributed by atoms with Crippen molar-refractivity contribution in [2.75, 3.05) is 7.11 Å². The van der Waals surface area contributed by atoms with Crippen molar-refractivity contribution < 1.29 is 9.53 Å². The number of primary amides is 1. The molecule has 3 nitrogen and oxygen atoms in total. The van der Waals surface area contributed by atoms with Crippen LogP contribution >= 0.6 is 0 Å². The molecule has 0 unspecified atom stereocenters. The second kappa shape index (κ2) is 3.93. The maximum absolute atomic E-state index is 11.2. The topological polar surface area (TPSA) is 52.3 Å². The van der Waals surface area contributed by atoms with Crippen LogP contribution in [0.25, 0.3) is 0 Å². The number of rotatable bonds is 2. The maximum Gasteiger partial charge on any atom is 0.249 e. The molecule has 1 aromatic rings. The summed E-state index contributed by atoms with van der Waals surface area (Å²) in [5.41, 5.74) is 6.67. The summed E-state index contributed by atoms with van der Waals surface area (Å²) in [6.45, 7) is 6.11. The van der Waals surface area contributed by atoms with Crippen molar-refractivity contribution in [3.63, 3.8) is 0 Å². The van der Waals surface area contributed by atoms with Crippen molar-refractivity contribution in [3.05, 3.63) is 29.3 Å². The number of benzene rings is 1. The predicted molar refractivity (Wildman–Crippen MR) is 60.2 cm³/mol. The van der Waals surface area contributed by atoms with Crippen molar-refractivity contribution in [2.45, 2.75) is 26.2 Å². The third-order valence-electron chi connectivity index (χ3n) is 2.30. The van der Waals surface area contributed by atoms with Gasteiger partial charge in [0, 0.05) is 5.56 Å². The third-order valence-corrected chi connectivity index (χ3v) is 2.30. The fourth-order valence-electron chi connectivity index (χ4n) is 1.49. The number of carbonyl (C=O) groups excluding carboxylic acids is 1. The molecule has 0 radical (unpaired) electrons. The van der Waals surface area contributed by atoms with E-state index in [4.69, 9.17) is 10.5 Å². The molecule has 82 valence electrons. The molecule has 0 aliphatic rings. The molecule has 0 saturated carbocycles. The molecule has 0 aliphatic carbocycles. The maximum atomic E-state index is 11.2. The molecule has 3 heteroatoms. The minimum atomic E-state index is -0.400. The molecule has 1 amide bonds. The van der Waals surface area contributed by atoms with Crippen LogP contribution in [0, 0.1) is 0 Å². The van der Waals surface area contributed by atoms with Gasteiger partial charge in [-0.1, -0.05) is 20.8 Å². The van der Waals surface area contributed by atoms with Crippen LogP contribution in [0.1, 0.15) is 36.7 Å². The fourth-order valence-corrected chi connectivity index (χ4v) is 1.49. The molecular formula is C12H17NO2. The monoisotopic (exact) mass is 207 g/mol. The van der Waals surface area contributed by atoms with Crippen molar-refractivity contribution in [2.24, 2.45) is 5.73 Å². The van der Waals surface area contributed by atoms with E-state index in [0.29, 0.717) is 5.56 Å². The molecule has 2 N–H and O–H groups in total. The van der Waals surface area contributed by atoms with E-state index in [9.17, 15) is 4.79 Å². The quantitative estimate of drug-likeness (QED) is 0.807. The molecule has 0 heterocycles. The largest absolute Gasteiger partial charge is 0.497 e. The lowest BCUT2D eigenvalue weighted by Crippen LogP contribution is -2.21. The summed E-state index contributed by atoms with van der Waals surface area (Å²) in [5.74, 6) is 0.340. The Balaban J connectivity index is 3.36. The van der Waals surface area contributed by atoms with Crippen LogP contribution in [0.2, 0.25) is 0 Å². The summed E-state index contributed by atoms with van der Waals surface area (Å²) < 4.78 is 5.13. The molecule has 0 fully saturated rings. The van der Waals surface area contributed by atoms with Gasteiger partial charge in [-0.2, -0.15) is 0 Å². The first-order valence-corrected chi connectivity index (χ1v) is 4.84. The Morgan fingerprint density at radius 1 is 1.33 bits per heavy atom. The van der Waals surface area contributed by atoms with E-state index in [1.807, 2.05) is 26.8 Å². The molecular weight excluding hydrogens is 190 g/mol. The highest BCUT2D eigenvalue weighted by Crippen LogP contribution is 2.29. The van der Waals surface area contributed by atoms with Crippen molar-refractivity contribution >= 4 is 5.91 Å². The number of hydrogen-bond acceptors (Lipinski definition) is 2. The molecule has 0 aliphatic heterocycles. The van der Waals surface area contributed by atoms with Gasteiger partial charge in [0.25, 0.3) is 0 Å². The van der Waals surface area contributed by atoms with E-state index in [1.54, 1.807) is 19.2 Å². The Kier molecular flexibility index (Phi) is 3.03. The number of amides is 1. The van der Waals surface area contributed by atoms with Crippen LogP contribution in [0.3, 0.4) is 0 Å². The predicted octanol–water partition coefficient (Wildman–Crippen LogP) is 2.09. The van der Waals surface area contributed by atoms with Gasteiger partial charge in [-0.15, -0.1) is 0 Å². The Morgan fingerprint density at radius 3 is 2.33 bits per heavy atom. The summed E-state index contributed by atoms with van der Waals surface area (Å²) in [7, 11) is 1.60. The fraction of sp³-hybridized carbons (Fsp3) is 0.417. The van der Waals surface area contributed by atoms with Crippen molar-refractivity contribution in [1.82, 2.24) is 0 Å². The van der Waals surface area contributed by atoms with Gasteiger partial charge < -0.3 is 10.5 Å². The van der Waals surface area contributed by atoms with Gasteiger partial charge in [0.2, 0.25) is 5.91 Å². The Bertz CT molecular complexity index is 378. The van der Waals surface area contributed by atoms with Crippen molar-refractivity contribution in [1.29, 1.82) is 0 Å². The highest BCUT2D eigenvalue weighted by atomic mass is 16.5. The van der Waals surface area contributed by atoms with Gasteiger partial charge in [0.1, 0.15) is 5.75 Å². The highest BCUT2D eigenvalue weighted by molar-refractivity contribution is 5.94. The SMILES string of the molecule is COc1ccc(C(N)=O)c(C(C)(C)C)c1. The second-order valence-electron chi connectivity index (χ2n) is 4.53. The molecule has 0 saturated heterocycles. The lowest BCUT2D eigenvalue weighted by molar-refractivity contribution is 0.0998. The van der Waals surface area contributed by atoms with Crippen molar-refractivity contribution in [3.8, 4) is 5.75 Å². The zero-order valence-corrected chi connectivity index (χ0v) is 9.63. The lowest BCUT2D eigenvalue weighted by Gasteiger charge is -2.22. The van der Waals surface area contributed by atoms with Gasteiger partial charge in [0.05, 0.1) is 7.11 Å². The smallest absolute Gasteiger partial charge is 0.249 e. The number of nitrogens with two attached hydrogens (primary N) is 1. The number of ether oxygens (including phenoxy) is 1. The van der Waals surface area contributed by atoms with E-state index in [2.05, 4.69) is 0 Å². The molecule has 0 bridgehead atoms. The van der Waals surface area contributed by atoms with Gasteiger partial charge in [-0.3, -0.25) is 4.79 Å². The van der Waals surface area contributed by atoms with Crippen LogP contribution in [0.4, 0.5) is 0 Å². The van der Waals surface area contributed by atoms with Crippen LogP contribution < -0.4 is 10.5 Å². The number of carbonyl (C=O) groups is 1. The van der Waals surface area contributed by atoms with Crippen LogP contribution in [0.5, 0.6) is 5.75 Å². The normalized spacial score (nSPS) is 11.2. The minimum absolute atomic E-state index is 0.126. The summed E-state index contributed by atoms with van der Waals surface area (Å²) in [6.07, 6.45) is 0. The zero-order chi connectivity index (χ0) is 11.6. The summed E-state index contributed by atoms with van der Waals surface area (Å²) in [4.78, 5) is 11.2. The van der Waals surface area contributed by atoms with Gasteiger partial charge in [-0.05, 0) is 29.2 Å². The molecule has 0 atom stereocenters. The van der Waals surface area contributed by atoms with E-state index in [-0.39, 0.29) is 5.41 Å². The van der Waals surface area contributed by atoms with Gasteiger partial charge in [-0.25, -0.2) is 0 Å². The zero-order valence-electron chi connectivity index (χ0n) is 9.63. The molecule has 1 aromatic carbocycles. The van der Waals surface area contributed by atoms with Crippen LogP contribution in [0.15, 0.2) is 18.2 Å². The number of hydrogen-bond donors (Lipinski definition) is 1. The Hall–Kier alpha value is -1.51. The molecule has 1 rings (SSSR count). The van der Waals surface area contributed by atoms with E-state index < -0.39 is 5.91 Å². The highest BCUT2D eigenvalue weighted by Gasteiger charge is 2.21. The van der Waals surface area contributed by atoms with E-state index in [1.165, 1.54) is 0 Å². The first kappa shape index (κ1) is 11.6. The second-order valence-corrected chi connectivity index (χ2v) is 4.53. The van der Waals surface area contributed by atoms with Crippen LogP contribution in [-0.4, -0.2) is 13.0 Å². The van der Waals surface area contributed by atoms with Crippen LogP contribution in [-0.2, 0) is 5.41 Å². The Labute approximate surface area is 90.2 Å². The van der Waals surface area contributed by atoms with E-state index in [0.717, 1.165) is 11.3 Å². The summed E-state index contributed by atoms with van der Waals surface area (Å²) in [5, 5.41) is 0. The first-order valence-electron chi connectivity index (χ1n) is 4.84. The average molecular weight is 207 g/mol. The van der Waals surface area contributed by atoms with Gasteiger partial charge >= 0.3 is 0 Å². The lowest BCUT2D eigenvalue weighted by atomic mass is 9.83. The molecule has 15 heavy (non-hydrogen) atoms. The standard InChI is InChI=1S/C12H17NO2/c1-12(2,3)10-7-8(15-4)5-6-9(10)11(13)14/h5-7H,1-4H3,(H2,13,14). The minimum Gasteiger partial charge on any atom is -0.497 e. The van der Waals surface area contributed by atoms with Gasteiger partial charge in [0.15, 0.2) is 0 Å².